The molecule has 1 rings (SSSR count). The molecule has 1 heterocycles. The Labute approximate surface area is 106 Å². The largest absolute Gasteiger partial charge is 0.467 e. The van der Waals surface area contributed by atoms with Crippen LogP contribution in [0.5, 0.6) is 0 Å². The predicted molar refractivity (Wildman–Crippen MR) is 62.9 cm³/mol. The van der Waals surface area contributed by atoms with Gasteiger partial charge in [0.1, 0.15) is 5.60 Å². The monoisotopic (exact) mass is 261 g/mol. The number of alkyl halides is 1. The number of methoxy groups -OCH3 is 1. The fourth-order valence-corrected chi connectivity index (χ4v) is 1.91. The second kappa shape index (κ2) is 5.54. The minimum absolute atomic E-state index is 0.400. The van der Waals surface area contributed by atoms with Crippen LogP contribution in [-0.4, -0.2) is 48.4 Å². The lowest BCUT2D eigenvalue weighted by Gasteiger charge is -2.29. The molecule has 0 spiro atoms. The van der Waals surface area contributed by atoms with Gasteiger partial charge in [-0.25, -0.2) is 14.0 Å². The van der Waals surface area contributed by atoms with Crippen molar-refractivity contribution in [1.82, 2.24) is 4.90 Å². The minimum atomic E-state index is -1.81. The summed E-state index contributed by atoms with van der Waals surface area (Å²) in [6.07, 6.45) is -1.31. The number of esters is 1. The van der Waals surface area contributed by atoms with Gasteiger partial charge in [0.2, 0.25) is 6.17 Å². The Bertz CT molecular complexity index is 327. The molecule has 1 fully saturated rings. The first-order chi connectivity index (χ1) is 8.26. The smallest absolute Gasteiger partial charge is 0.410 e. The molecule has 1 aliphatic heterocycles. The molecule has 5 nitrogen and oxygen atoms in total. The summed E-state index contributed by atoms with van der Waals surface area (Å²) in [4.78, 5) is 24.3. The number of likely N-dealkylation sites (tertiary alicyclic amines) is 1. The first-order valence-electron chi connectivity index (χ1n) is 5.98. The van der Waals surface area contributed by atoms with Crippen molar-refractivity contribution in [3.8, 4) is 0 Å². The van der Waals surface area contributed by atoms with E-state index in [4.69, 9.17) is 4.74 Å². The highest BCUT2D eigenvalue weighted by Crippen LogP contribution is 2.25. The first-order valence-corrected chi connectivity index (χ1v) is 5.98. The van der Waals surface area contributed by atoms with Gasteiger partial charge in [0.05, 0.1) is 13.2 Å². The Balaban J connectivity index is 2.70. The molecule has 0 aromatic heterocycles. The number of ether oxygens (including phenoxy) is 2. The maximum atomic E-state index is 13.8. The molecule has 0 aromatic carbocycles. The van der Waals surface area contributed by atoms with E-state index in [0.717, 1.165) is 7.11 Å². The van der Waals surface area contributed by atoms with Gasteiger partial charge in [-0.05, 0) is 33.6 Å². The first kappa shape index (κ1) is 14.7. The average Bonchev–Trinajstić information content (AvgIpc) is 2.73. The van der Waals surface area contributed by atoms with Crippen LogP contribution in [0.15, 0.2) is 0 Å². The summed E-state index contributed by atoms with van der Waals surface area (Å²) in [5.74, 6) is -0.949. The highest BCUT2D eigenvalue weighted by Gasteiger charge is 2.40. The van der Waals surface area contributed by atoms with Crippen LogP contribution in [0.3, 0.4) is 0 Å². The average molecular weight is 261 g/mol. The van der Waals surface area contributed by atoms with Gasteiger partial charge in [-0.3, -0.25) is 0 Å². The molecule has 0 aliphatic carbocycles. The van der Waals surface area contributed by atoms with Gasteiger partial charge >= 0.3 is 12.1 Å². The lowest BCUT2D eigenvalue weighted by Crippen LogP contribution is -2.46. The lowest BCUT2D eigenvalue weighted by atomic mass is 10.1. The van der Waals surface area contributed by atoms with Crippen molar-refractivity contribution in [3.05, 3.63) is 0 Å². The number of nitrogens with zero attached hydrogens (tertiary/aromatic N) is 1. The van der Waals surface area contributed by atoms with Gasteiger partial charge in [-0.1, -0.05) is 0 Å². The maximum absolute atomic E-state index is 13.8. The van der Waals surface area contributed by atoms with Crippen molar-refractivity contribution in [1.29, 1.82) is 0 Å². The van der Waals surface area contributed by atoms with Gasteiger partial charge in [-0.15, -0.1) is 0 Å². The SMILES string of the molecule is COC(=O)C(F)C1CCCN1C(=O)OC(C)(C)C. The third kappa shape index (κ3) is 3.58. The van der Waals surface area contributed by atoms with Crippen LogP contribution in [0.1, 0.15) is 33.6 Å². The van der Waals surface area contributed by atoms with Crippen molar-refractivity contribution in [3.63, 3.8) is 0 Å². The molecule has 0 aromatic rings. The summed E-state index contributed by atoms with van der Waals surface area (Å²) in [7, 11) is 1.13. The summed E-state index contributed by atoms with van der Waals surface area (Å²) in [6.45, 7) is 5.62. The van der Waals surface area contributed by atoms with E-state index in [0.29, 0.717) is 19.4 Å². The zero-order valence-electron chi connectivity index (χ0n) is 11.2. The molecule has 0 saturated carbocycles. The Hall–Kier alpha value is -1.33. The number of carbonyl (C=O) groups is 2. The van der Waals surface area contributed by atoms with E-state index in [1.54, 1.807) is 20.8 Å². The third-order valence-corrected chi connectivity index (χ3v) is 2.69. The fraction of sp³-hybridized carbons (Fsp3) is 0.833. The van der Waals surface area contributed by atoms with Crippen LogP contribution in [0.2, 0.25) is 0 Å². The Morgan fingerprint density at radius 1 is 1.39 bits per heavy atom. The molecule has 18 heavy (non-hydrogen) atoms. The minimum Gasteiger partial charge on any atom is -0.467 e. The molecule has 1 saturated heterocycles. The summed E-state index contributed by atoms with van der Waals surface area (Å²) >= 11 is 0. The number of halogens is 1. The van der Waals surface area contributed by atoms with E-state index in [9.17, 15) is 14.0 Å². The lowest BCUT2D eigenvalue weighted by molar-refractivity contribution is -0.148. The maximum Gasteiger partial charge on any atom is 0.410 e. The Morgan fingerprint density at radius 3 is 2.50 bits per heavy atom. The van der Waals surface area contributed by atoms with Crippen LogP contribution >= 0.6 is 0 Å². The number of hydrogen-bond acceptors (Lipinski definition) is 4. The number of hydrogen-bond donors (Lipinski definition) is 0. The normalized spacial score (nSPS) is 21.6. The second-order valence-electron chi connectivity index (χ2n) is 5.31. The highest BCUT2D eigenvalue weighted by molar-refractivity contribution is 5.77. The molecule has 0 N–H and O–H groups in total. The summed E-state index contributed by atoms with van der Waals surface area (Å²) in [6, 6.07) is -0.785. The molecular formula is C12H20FNO4. The van der Waals surface area contributed by atoms with Crippen LogP contribution in [-0.2, 0) is 14.3 Å². The zero-order valence-corrected chi connectivity index (χ0v) is 11.2. The predicted octanol–water partition coefficient (Wildman–Crippen LogP) is 1.90. The molecular weight excluding hydrogens is 241 g/mol. The van der Waals surface area contributed by atoms with Crippen LogP contribution in [0.25, 0.3) is 0 Å². The Kier molecular flexibility index (Phi) is 4.53. The van der Waals surface area contributed by atoms with E-state index in [-0.39, 0.29) is 0 Å². The Morgan fingerprint density at radius 2 is 2.00 bits per heavy atom. The summed E-state index contributed by atoms with van der Waals surface area (Å²) in [5, 5.41) is 0. The van der Waals surface area contributed by atoms with Gasteiger partial charge in [0, 0.05) is 6.54 Å². The molecule has 2 unspecified atom stereocenters. The molecule has 0 bridgehead atoms. The van der Waals surface area contributed by atoms with Crippen molar-refractivity contribution >= 4 is 12.1 Å². The van der Waals surface area contributed by atoms with E-state index in [2.05, 4.69) is 4.74 Å². The van der Waals surface area contributed by atoms with Crippen molar-refractivity contribution in [2.24, 2.45) is 0 Å². The molecule has 0 radical (unpaired) electrons. The topological polar surface area (TPSA) is 55.8 Å². The van der Waals surface area contributed by atoms with E-state index in [1.807, 2.05) is 0 Å². The van der Waals surface area contributed by atoms with E-state index < -0.39 is 29.9 Å². The van der Waals surface area contributed by atoms with Crippen molar-refractivity contribution in [2.75, 3.05) is 13.7 Å². The van der Waals surface area contributed by atoms with Gasteiger partial charge in [-0.2, -0.15) is 0 Å². The molecule has 104 valence electrons. The van der Waals surface area contributed by atoms with Gasteiger partial charge in [0.25, 0.3) is 0 Å². The standard InChI is InChI=1S/C12H20FNO4/c1-12(2,3)18-11(16)14-7-5-6-8(14)9(13)10(15)17-4/h8-9H,5-7H2,1-4H3. The van der Waals surface area contributed by atoms with E-state index >= 15 is 0 Å². The number of amides is 1. The summed E-state index contributed by atoms with van der Waals surface area (Å²) in [5.41, 5.74) is -0.638. The third-order valence-electron chi connectivity index (χ3n) is 2.69. The number of carbonyl (C=O) groups excluding carboxylic acids is 2. The van der Waals surface area contributed by atoms with Crippen LogP contribution in [0, 0.1) is 0 Å². The van der Waals surface area contributed by atoms with Crippen molar-refractivity contribution < 1.29 is 23.5 Å². The fourth-order valence-electron chi connectivity index (χ4n) is 1.91. The zero-order chi connectivity index (χ0) is 13.9. The van der Waals surface area contributed by atoms with Crippen LogP contribution in [0.4, 0.5) is 9.18 Å². The molecule has 6 heteroatoms. The summed E-state index contributed by atoms with van der Waals surface area (Å²) < 4.78 is 23.4. The quantitative estimate of drug-likeness (QED) is 0.712. The number of rotatable bonds is 2. The molecule has 1 amide bonds. The highest BCUT2D eigenvalue weighted by atomic mass is 19.1. The molecule has 2 atom stereocenters. The van der Waals surface area contributed by atoms with Crippen LogP contribution < -0.4 is 0 Å². The second-order valence-corrected chi connectivity index (χ2v) is 5.31. The van der Waals surface area contributed by atoms with Gasteiger partial charge in [0.15, 0.2) is 0 Å². The van der Waals surface area contributed by atoms with E-state index in [1.165, 1.54) is 4.90 Å². The molecule has 1 aliphatic rings. The van der Waals surface area contributed by atoms with Gasteiger partial charge < -0.3 is 14.4 Å². The van der Waals surface area contributed by atoms with Crippen molar-refractivity contribution in [2.45, 2.75) is 51.4 Å².